The molecule has 2 saturated heterocycles. The van der Waals surface area contributed by atoms with Crippen molar-refractivity contribution in [2.75, 3.05) is 32.8 Å². The van der Waals surface area contributed by atoms with Crippen LogP contribution in [0.15, 0.2) is 0 Å². The van der Waals surface area contributed by atoms with Crippen molar-refractivity contribution in [3.05, 3.63) is 0 Å². The van der Waals surface area contributed by atoms with Crippen LogP contribution >= 0.6 is 0 Å². The second kappa shape index (κ2) is 3.73. The normalized spacial score (nSPS) is 36.8. The van der Waals surface area contributed by atoms with E-state index in [0.29, 0.717) is 6.10 Å². The molecular weight excluding hydrogens is 152 g/mol. The molecule has 0 radical (unpaired) electrons. The third-order valence-corrected chi connectivity index (χ3v) is 2.85. The van der Waals surface area contributed by atoms with Gasteiger partial charge in [-0.05, 0) is 13.3 Å². The molecule has 0 aliphatic carbocycles. The first-order chi connectivity index (χ1) is 5.90. The SMILES string of the molecule is CCO[C@@H]1C[C@@H]2CNCCN2C1. The van der Waals surface area contributed by atoms with Gasteiger partial charge in [0, 0.05) is 38.8 Å². The van der Waals surface area contributed by atoms with E-state index in [2.05, 4.69) is 17.1 Å². The Morgan fingerprint density at radius 1 is 1.58 bits per heavy atom. The summed E-state index contributed by atoms with van der Waals surface area (Å²) < 4.78 is 5.63. The molecule has 1 N–H and O–H groups in total. The van der Waals surface area contributed by atoms with Gasteiger partial charge in [0.15, 0.2) is 0 Å². The zero-order valence-corrected chi connectivity index (χ0v) is 7.75. The molecule has 70 valence electrons. The minimum Gasteiger partial charge on any atom is -0.377 e. The summed E-state index contributed by atoms with van der Waals surface area (Å²) in [5, 5.41) is 3.42. The lowest BCUT2D eigenvalue weighted by Gasteiger charge is -2.29. The van der Waals surface area contributed by atoms with Crippen LogP contribution in [0.2, 0.25) is 0 Å². The van der Waals surface area contributed by atoms with Gasteiger partial charge in [0.2, 0.25) is 0 Å². The van der Waals surface area contributed by atoms with E-state index in [1.54, 1.807) is 0 Å². The zero-order valence-electron chi connectivity index (χ0n) is 7.75. The summed E-state index contributed by atoms with van der Waals surface area (Å²) in [4.78, 5) is 2.55. The Bertz CT molecular complexity index is 137. The summed E-state index contributed by atoms with van der Waals surface area (Å²) in [5.74, 6) is 0. The minimum absolute atomic E-state index is 0.500. The Kier molecular flexibility index (Phi) is 2.63. The molecule has 0 aromatic carbocycles. The fourth-order valence-electron chi connectivity index (χ4n) is 2.27. The zero-order chi connectivity index (χ0) is 8.39. The number of ether oxygens (including phenoxy) is 1. The highest BCUT2D eigenvalue weighted by Gasteiger charge is 2.33. The van der Waals surface area contributed by atoms with Crippen LogP contribution in [0.25, 0.3) is 0 Å². The molecule has 2 fully saturated rings. The average molecular weight is 170 g/mol. The summed E-state index contributed by atoms with van der Waals surface area (Å²) in [6.07, 6.45) is 1.72. The topological polar surface area (TPSA) is 24.5 Å². The summed E-state index contributed by atoms with van der Waals surface area (Å²) >= 11 is 0. The maximum Gasteiger partial charge on any atom is 0.0717 e. The number of hydrogen-bond donors (Lipinski definition) is 1. The third-order valence-electron chi connectivity index (χ3n) is 2.85. The van der Waals surface area contributed by atoms with Crippen LogP contribution in [0.5, 0.6) is 0 Å². The maximum absolute atomic E-state index is 5.63. The van der Waals surface area contributed by atoms with Gasteiger partial charge in [-0.2, -0.15) is 0 Å². The fourth-order valence-corrected chi connectivity index (χ4v) is 2.27. The lowest BCUT2D eigenvalue weighted by Crippen LogP contribution is -2.47. The molecule has 2 rings (SSSR count). The van der Waals surface area contributed by atoms with Crippen LogP contribution in [0.3, 0.4) is 0 Å². The molecule has 0 aromatic rings. The monoisotopic (exact) mass is 170 g/mol. The number of fused-ring (bicyclic) bond motifs is 1. The Morgan fingerprint density at radius 3 is 3.25 bits per heavy atom. The largest absolute Gasteiger partial charge is 0.377 e. The van der Waals surface area contributed by atoms with Crippen molar-refractivity contribution in [1.29, 1.82) is 0 Å². The molecule has 12 heavy (non-hydrogen) atoms. The van der Waals surface area contributed by atoms with Crippen LogP contribution in [0.4, 0.5) is 0 Å². The van der Waals surface area contributed by atoms with Crippen LogP contribution in [0, 0.1) is 0 Å². The van der Waals surface area contributed by atoms with Crippen molar-refractivity contribution in [1.82, 2.24) is 10.2 Å². The quantitative estimate of drug-likeness (QED) is 0.634. The molecule has 3 heteroatoms. The number of hydrogen-bond acceptors (Lipinski definition) is 3. The van der Waals surface area contributed by atoms with Crippen LogP contribution in [-0.4, -0.2) is 49.8 Å². The van der Waals surface area contributed by atoms with Crippen molar-refractivity contribution in [3.63, 3.8) is 0 Å². The first kappa shape index (κ1) is 8.48. The van der Waals surface area contributed by atoms with Crippen molar-refractivity contribution in [3.8, 4) is 0 Å². The van der Waals surface area contributed by atoms with Gasteiger partial charge >= 0.3 is 0 Å². The van der Waals surface area contributed by atoms with Gasteiger partial charge < -0.3 is 10.1 Å². The third kappa shape index (κ3) is 1.63. The lowest BCUT2D eigenvalue weighted by atomic mass is 10.2. The van der Waals surface area contributed by atoms with Crippen LogP contribution < -0.4 is 5.32 Å². The van der Waals surface area contributed by atoms with Crippen molar-refractivity contribution in [2.45, 2.75) is 25.5 Å². The molecule has 3 nitrogen and oxygen atoms in total. The Morgan fingerprint density at radius 2 is 2.50 bits per heavy atom. The van der Waals surface area contributed by atoms with Gasteiger partial charge in [0.25, 0.3) is 0 Å². The highest BCUT2D eigenvalue weighted by atomic mass is 16.5. The standard InChI is InChI=1S/C9H18N2O/c1-2-12-9-5-8-6-10-3-4-11(8)7-9/h8-10H,2-7H2,1H3/t8-,9-/m1/s1. The number of rotatable bonds is 2. The van der Waals surface area contributed by atoms with E-state index < -0.39 is 0 Å². The summed E-state index contributed by atoms with van der Waals surface area (Å²) in [6, 6.07) is 0.746. The molecule has 0 saturated carbocycles. The van der Waals surface area contributed by atoms with Gasteiger partial charge in [-0.3, -0.25) is 4.90 Å². The van der Waals surface area contributed by atoms with E-state index >= 15 is 0 Å². The molecule has 2 atom stereocenters. The second-order valence-electron chi connectivity index (χ2n) is 3.67. The van der Waals surface area contributed by atoms with Gasteiger partial charge in [-0.25, -0.2) is 0 Å². The molecule has 0 bridgehead atoms. The first-order valence-electron chi connectivity index (χ1n) is 4.96. The minimum atomic E-state index is 0.500. The van der Waals surface area contributed by atoms with E-state index in [4.69, 9.17) is 4.74 Å². The Hall–Kier alpha value is -0.120. The van der Waals surface area contributed by atoms with E-state index in [1.807, 2.05) is 0 Å². The lowest BCUT2D eigenvalue weighted by molar-refractivity contribution is 0.0691. The Labute approximate surface area is 74.1 Å². The number of nitrogens with one attached hydrogen (secondary N) is 1. The molecule has 2 heterocycles. The highest BCUT2D eigenvalue weighted by molar-refractivity contribution is 4.90. The fraction of sp³-hybridized carbons (Fsp3) is 1.00. The van der Waals surface area contributed by atoms with E-state index in [1.165, 1.54) is 13.0 Å². The Balaban J connectivity index is 1.85. The smallest absolute Gasteiger partial charge is 0.0717 e. The summed E-state index contributed by atoms with van der Waals surface area (Å²) in [5.41, 5.74) is 0. The molecule has 0 amide bonds. The van der Waals surface area contributed by atoms with Crippen LogP contribution in [-0.2, 0) is 4.74 Å². The van der Waals surface area contributed by atoms with E-state index in [-0.39, 0.29) is 0 Å². The van der Waals surface area contributed by atoms with Gasteiger partial charge in [0.1, 0.15) is 0 Å². The van der Waals surface area contributed by atoms with Crippen LogP contribution in [0.1, 0.15) is 13.3 Å². The van der Waals surface area contributed by atoms with Gasteiger partial charge in [-0.15, -0.1) is 0 Å². The summed E-state index contributed by atoms with van der Waals surface area (Å²) in [7, 11) is 0. The van der Waals surface area contributed by atoms with E-state index in [9.17, 15) is 0 Å². The average Bonchev–Trinajstić information content (AvgIpc) is 2.47. The predicted molar refractivity (Wildman–Crippen MR) is 48.3 cm³/mol. The molecule has 2 aliphatic heterocycles. The maximum atomic E-state index is 5.63. The highest BCUT2D eigenvalue weighted by Crippen LogP contribution is 2.20. The van der Waals surface area contributed by atoms with Crippen molar-refractivity contribution < 1.29 is 4.74 Å². The molecule has 0 aromatic heterocycles. The molecule has 0 spiro atoms. The molecular formula is C9H18N2O. The van der Waals surface area contributed by atoms with Gasteiger partial charge in [-0.1, -0.05) is 0 Å². The summed E-state index contributed by atoms with van der Waals surface area (Å²) in [6.45, 7) is 7.60. The predicted octanol–water partition coefficient (Wildman–Crippen LogP) is 0.0690. The number of nitrogens with zero attached hydrogens (tertiary/aromatic N) is 1. The van der Waals surface area contributed by atoms with Gasteiger partial charge in [0.05, 0.1) is 6.10 Å². The first-order valence-corrected chi connectivity index (χ1v) is 4.96. The molecule has 2 aliphatic rings. The van der Waals surface area contributed by atoms with Crippen molar-refractivity contribution in [2.24, 2.45) is 0 Å². The molecule has 0 unspecified atom stereocenters. The van der Waals surface area contributed by atoms with Crippen molar-refractivity contribution >= 4 is 0 Å². The van der Waals surface area contributed by atoms with E-state index in [0.717, 1.165) is 32.3 Å². The number of piperazine rings is 1. The second-order valence-corrected chi connectivity index (χ2v) is 3.67.